The summed E-state index contributed by atoms with van der Waals surface area (Å²) in [5.41, 5.74) is 5.32. The van der Waals surface area contributed by atoms with E-state index in [9.17, 15) is 23.8 Å². The molecular formula is C46H76NO10P. The van der Waals surface area contributed by atoms with Gasteiger partial charge in [-0.1, -0.05) is 150 Å². The number of carboxylic acids is 1. The molecule has 58 heavy (non-hydrogen) atoms. The van der Waals surface area contributed by atoms with Crippen molar-refractivity contribution >= 4 is 25.7 Å². The number of unbranched alkanes of at least 4 members (excludes halogenated alkanes) is 11. The van der Waals surface area contributed by atoms with Gasteiger partial charge in [-0.05, 0) is 77.0 Å². The summed E-state index contributed by atoms with van der Waals surface area (Å²) in [6.07, 6.45) is 49.5. The summed E-state index contributed by atoms with van der Waals surface area (Å²) >= 11 is 0. The molecule has 0 aliphatic heterocycles. The SMILES string of the molecule is CC/C=C\C/C=C\C/C=C\C/C=C\C/C=C\C/C=C\CCC(=O)O[C@H](COC(=O)CCCCCCC/C=C\CCCCCCCC)COP(=O)(O)OC[C@H](N)C(=O)O. The van der Waals surface area contributed by atoms with Crippen molar-refractivity contribution in [2.24, 2.45) is 5.73 Å². The van der Waals surface area contributed by atoms with Gasteiger partial charge in [0, 0.05) is 12.8 Å². The normalized spacial score (nSPS) is 14.6. The predicted octanol–water partition coefficient (Wildman–Crippen LogP) is 11.5. The van der Waals surface area contributed by atoms with Gasteiger partial charge >= 0.3 is 25.7 Å². The Morgan fingerprint density at radius 3 is 1.52 bits per heavy atom. The van der Waals surface area contributed by atoms with E-state index >= 15 is 0 Å². The second-order valence-electron chi connectivity index (χ2n) is 14.1. The zero-order valence-corrected chi connectivity index (χ0v) is 36.5. The highest BCUT2D eigenvalue weighted by Gasteiger charge is 2.28. The lowest BCUT2D eigenvalue weighted by Gasteiger charge is -2.20. The maximum atomic E-state index is 12.6. The molecule has 0 rings (SSSR count). The summed E-state index contributed by atoms with van der Waals surface area (Å²) < 4.78 is 32.6. The van der Waals surface area contributed by atoms with E-state index in [4.69, 9.17) is 24.8 Å². The molecule has 0 radical (unpaired) electrons. The molecule has 0 aromatic rings. The highest BCUT2D eigenvalue weighted by Crippen LogP contribution is 2.43. The number of allylic oxidation sites excluding steroid dienone is 14. The van der Waals surface area contributed by atoms with Crippen LogP contribution in [0.3, 0.4) is 0 Å². The zero-order chi connectivity index (χ0) is 42.8. The van der Waals surface area contributed by atoms with Crippen LogP contribution in [0.15, 0.2) is 85.1 Å². The molecule has 3 atom stereocenters. The first kappa shape index (κ1) is 54.7. The molecule has 0 aromatic heterocycles. The van der Waals surface area contributed by atoms with Crippen molar-refractivity contribution in [2.45, 2.75) is 167 Å². The first-order chi connectivity index (χ1) is 28.1. The van der Waals surface area contributed by atoms with Gasteiger partial charge < -0.3 is 25.2 Å². The van der Waals surface area contributed by atoms with Gasteiger partial charge in [-0.3, -0.25) is 23.4 Å². The van der Waals surface area contributed by atoms with E-state index in [1.54, 1.807) is 0 Å². The lowest BCUT2D eigenvalue weighted by Crippen LogP contribution is -2.34. The largest absolute Gasteiger partial charge is 0.480 e. The average molecular weight is 834 g/mol. The van der Waals surface area contributed by atoms with E-state index in [0.29, 0.717) is 19.3 Å². The van der Waals surface area contributed by atoms with Gasteiger partial charge in [0.15, 0.2) is 6.10 Å². The minimum absolute atomic E-state index is 0.0300. The molecule has 0 fully saturated rings. The summed E-state index contributed by atoms with van der Waals surface area (Å²) in [7, 11) is -4.74. The third kappa shape index (κ3) is 39.5. The Morgan fingerprint density at radius 1 is 0.552 bits per heavy atom. The molecule has 0 saturated heterocycles. The molecule has 0 heterocycles. The van der Waals surface area contributed by atoms with Gasteiger partial charge in [0.25, 0.3) is 0 Å². The van der Waals surface area contributed by atoms with Crippen molar-refractivity contribution in [3.8, 4) is 0 Å². The third-order valence-electron chi connectivity index (χ3n) is 8.64. The number of carboxylic acid groups (broad SMARTS) is 1. The van der Waals surface area contributed by atoms with E-state index in [1.807, 2.05) is 18.2 Å². The highest BCUT2D eigenvalue weighted by atomic mass is 31.2. The average Bonchev–Trinajstić information content (AvgIpc) is 3.20. The van der Waals surface area contributed by atoms with Crippen LogP contribution in [-0.4, -0.2) is 59.9 Å². The number of phosphoric ester groups is 1. The van der Waals surface area contributed by atoms with Crippen LogP contribution in [0.5, 0.6) is 0 Å². The Balaban J connectivity index is 4.53. The van der Waals surface area contributed by atoms with Gasteiger partial charge in [-0.2, -0.15) is 0 Å². The fraction of sp³-hybridized carbons (Fsp3) is 0.630. The van der Waals surface area contributed by atoms with Crippen LogP contribution >= 0.6 is 7.82 Å². The van der Waals surface area contributed by atoms with Gasteiger partial charge in [0.1, 0.15) is 12.6 Å². The number of carbonyl (C=O) groups is 3. The number of rotatable bonds is 39. The molecule has 12 heteroatoms. The highest BCUT2D eigenvalue weighted by molar-refractivity contribution is 7.47. The summed E-state index contributed by atoms with van der Waals surface area (Å²) in [6, 6.07) is -1.54. The maximum Gasteiger partial charge on any atom is 0.472 e. The molecule has 0 amide bonds. The topological polar surface area (TPSA) is 172 Å². The molecular weight excluding hydrogens is 757 g/mol. The number of nitrogens with two attached hydrogens (primary N) is 1. The van der Waals surface area contributed by atoms with E-state index in [-0.39, 0.29) is 19.4 Å². The van der Waals surface area contributed by atoms with Crippen molar-refractivity contribution in [1.29, 1.82) is 0 Å². The number of phosphoric acid groups is 1. The van der Waals surface area contributed by atoms with Crippen molar-refractivity contribution in [3.05, 3.63) is 85.1 Å². The van der Waals surface area contributed by atoms with E-state index < -0.39 is 51.1 Å². The fourth-order valence-electron chi connectivity index (χ4n) is 5.26. The van der Waals surface area contributed by atoms with Crippen molar-refractivity contribution in [2.75, 3.05) is 19.8 Å². The predicted molar refractivity (Wildman–Crippen MR) is 235 cm³/mol. The monoisotopic (exact) mass is 834 g/mol. The number of esters is 2. The minimum atomic E-state index is -4.74. The second-order valence-corrected chi connectivity index (χ2v) is 15.5. The molecule has 1 unspecified atom stereocenters. The standard InChI is InChI=1S/C46H76NO10P/c1-3-5-7-9-11-13-15-17-19-20-21-22-24-26-28-30-32-34-36-38-45(49)57-42(40-55-58(52,53)56-41-43(47)46(50)51)39-54-44(48)37-35-33-31-29-27-25-23-18-16-14-12-10-8-6-4-2/h5,7,11,13,17-19,21-23,26,28,32,34,42-43H,3-4,6,8-10,12,14-16,20,24-25,27,29-31,33,35-41,47H2,1-2H3,(H,50,51)(H,52,53)/b7-5-,13-11-,19-17-,22-21-,23-18-,28-26-,34-32-/t42-,43+/m1/s1. The van der Waals surface area contributed by atoms with Gasteiger partial charge in [-0.25, -0.2) is 4.57 Å². The number of hydrogen-bond donors (Lipinski definition) is 3. The number of aliphatic carboxylic acids is 1. The molecule has 11 nitrogen and oxygen atoms in total. The van der Waals surface area contributed by atoms with Crippen LogP contribution in [0.25, 0.3) is 0 Å². The maximum absolute atomic E-state index is 12.6. The third-order valence-corrected chi connectivity index (χ3v) is 9.59. The Morgan fingerprint density at radius 2 is 1.00 bits per heavy atom. The molecule has 0 aliphatic rings. The molecule has 0 spiro atoms. The van der Waals surface area contributed by atoms with Gasteiger partial charge in [0.05, 0.1) is 13.2 Å². The van der Waals surface area contributed by atoms with Crippen LogP contribution in [0.2, 0.25) is 0 Å². The van der Waals surface area contributed by atoms with Crippen LogP contribution < -0.4 is 5.73 Å². The Labute approximate surface area is 350 Å². The first-order valence-electron chi connectivity index (χ1n) is 21.6. The van der Waals surface area contributed by atoms with Crippen LogP contribution in [0.4, 0.5) is 0 Å². The molecule has 0 aliphatic carbocycles. The second kappa shape index (κ2) is 40.4. The molecule has 330 valence electrons. The fourth-order valence-corrected chi connectivity index (χ4v) is 6.04. The van der Waals surface area contributed by atoms with E-state index in [0.717, 1.165) is 70.6 Å². The smallest absolute Gasteiger partial charge is 0.472 e. The summed E-state index contributed by atoms with van der Waals surface area (Å²) in [5.74, 6) is -2.51. The van der Waals surface area contributed by atoms with E-state index in [2.05, 4.69) is 85.2 Å². The summed E-state index contributed by atoms with van der Waals surface area (Å²) in [4.78, 5) is 45.9. The van der Waals surface area contributed by atoms with Crippen LogP contribution in [0, 0.1) is 0 Å². The lowest BCUT2D eigenvalue weighted by molar-refractivity contribution is -0.161. The quantitative estimate of drug-likeness (QED) is 0.0233. The number of hydrogen-bond acceptors (Lipinski definition) is 9. The minimum Gasteiger partial charge on any atom is -0.480 e. The van der Waals surface area contributed by atoms with E-state index in [1.165, 1.54) is 38.5 Å². The Bertz CT molecular complexity index is 1300. The molecule has 0 saturated carbocycles. The molecule has 0 aromatic carbocycles. The van der Waals surface area contributed by atoms with Crippen molar-refractivity contribution in [3.63, 3.8) is 0 Å². The first-order valence-corrected chi connectivity index (χ1v) is 23.1. The number of carbonyl (C=O) groups excluding carboxylic acids is 2. The molecule has 0 bridgehead atoms. The Hall–Kier alpha value is -3.34. The zero-order valence-electron chi connectivity index (χ0n) is 35.6. The van der Waals surface area contributed by atoms with Crippen molar-refractivity contribution < 1.29 is 47.5 Å². The summed E-state index contributed by atoms with van der Waals surface area (Å²) in [6.45, 7) is 2.58. The van der Waals surface area contributed by atoms with Gasteiger partial charge in [-0.15, -0.1) is 0 Å². The summed E-state index contributed by atoms with van der Waals surface area (Å²) in [5, 5.41) is 8.89. The van der Waals surface area contributed by atoms with Crippen LogP contribution in [0.1, 0.15) is 155 Å². The van der Waals surface area contributed by atoms with Gasteiger partial charge in [0.2, 0.25) is 0 Å². The van der Waals surface area contributed by atoms with Crippen molar-refractivity contribution in [1.82, 2.24) is 0 Å². The Kier molecular flexibility index (Phi) is 38.1. The number of ether oxygens (including phenoxy) is 2. The molecule has 4 N–H and O–H groups in total. The van der Waals surface area contributed by atoms with Crippen LogP contribution in [-0.2, 0) is 37.5 Å². The lowest BCUT2D eigenvalue weighted by atomic mass is 10.1.